The zero-order valence-electron chi connectivity index (χ0n) is 10.4. The Morgan fingerprint density at radius 1 is 1.47 bits per heavy atom. The van der Waals surface area contributed by atoms with Crippen LogP contribution < -0.4 is 5.32 Å². The molecule has 1 amide bonds. The molecule has 1 aromatic heterocycles. The van der Waals surface area contributed by atoms with Gasteiger partial charge in [-0.05, 0) is 34.1 Å². The zero-order chi connectivity index (χ0) is 14.0. The summed E-state index contributed by atoms with van der Waals surface area (Å²) in [6.07, 6.45) is 0. The topological polar surface area (TPSA) is 70.7 Å². The normalized spacial score (nSPS) is 10.8. The fourth-order valence-electron chi connectivity index (χ4n) is 1.39. The number of H-pyrrole nitrogens is 1. The molecule has 5 nitrogen and oxygen atoms in total. The monoisotopic (exact) mass is 326 g/mol. The van der Waals surface area contributed by atoms with Crippen molar-refractivity contribution in [3.8, 4) is 0 Å². The van der Waals surface area contributed by atoms with Gasteiger partial charge in [-0.15, -0.1) is 5.10 Å². The summed E-state index contributed by atoms with van der Waals surface area (Å²) in [5.74, 6) is 0.0308. The zero-order valence-corrected chi connectivity index (χ0v) is 12.0. The maximum absolute atomic E-state index is 13.1. The summed E-state index contributed by atoms with van der Waals surface area (Å²) in [5, 5.41) is 9.14. The average molecular weight is 327 g/mol. The molecule has 2 N–H and O–H groups in total. The molecular formula is C12H12BrFN4O. The number of aromatic amines is 1. The lowest BCUT2D eigenvalue weighted by atomic mass is 10.2. The molecule has 0 aliphatic heterocycles. The third-order valence-electron chi connectivity index (χ3n) is 2.43. The first-order chi connectivity index (χ1) is 8.97. The first kappa shape index (κ1) is 13.7. The van der Waals surface area contributed by atoms with E-state index in [2.05, 4.69) is 36.4 Å². The van der Waals surface area contributed by atoms with Crippen molar-refractivity contribution in [2.45, 2.75) is 19.8 Å². The van der Waals surface area contributed by atoms with E-state index in [4.69, 9.17) is 0 Å². The Balaban J connectivity index is 2.13. The van der Waals surface area contributed by atoms with Crippen LogP contribution in [0.5, 0.6) is 0 Å². The summed E-state index contributed by atoms with van der Waals surface area (Å²) >= 11 is 3.05. The maximum Gasteiger partial charge on any atom is 0.295 e. The molecule has 0 fully saturated rings. The van der Waals surface area contributed by atoms with Gasteiger partial charge in [-0.3, -0.25) is 9.89 Å². The summed E-state index contributed by atoms with van der Waals surface area (Å²) in [4.78, 5) is 16.0. The van der Waals surface area contributed by atoms with Gasteiger partial charge in [0.1, 0.15) is 11.6 Å². The highest BCUT2D eigenvalue weighted by Gasteiger charge is 2.14. The molecule has 19 heavy (non-hydrogen) atoms. The molecule has 7 heteroatoms. The third-order valence-corrected chi connectivity index (χ3v) is 3.04. The lowest BCUT2D eigenvalue weighted by Gasteiger charge is -2.03. The van der Waals surface area contributed by atoms with Gasteiger partial charge in [0, 0.05) is 11.6 Å². The van der Waals surface area contributed by atoms with Gasteiger partial charge in [0.15, 0.2) is 0 Å². The molecule has 0 radical (unpaired) electrons. The standard InChI is InChI=1S/C12H12BrFN4O/c1-6(2)10-16-11(18-17-10)12(19)15-7-3-4-9(14)8(13)5-7/h3-6H,1-2H3,(H,15,19)(H,16,17,18). The van der Waals surface area contributed by atoms with E-state index in [0.717, 1.165) is 0 Å². The van der Waals surface area contributed by atoms with Crippen LogP contribution in [0.1, 0.15) is 36.2 Å². The van der Waals surface area contributed by atoms with Crippen molar-refractivity contribution in [2.75, 3.05) is 5.32 Å². The summed E-state index contributed by atoms with van der Waals surface area (Å²) < 4.78 is 13.3. The van der Waals surface area contributed by atoms with Gasteiger partial charge >= 0.3 is 0 Å². The second-order valence-electron chi connectivity index (χ2n) is 4.28. The minimum atomic E-state index is -0.443. The Bertz CT molecular complexity index is 612. The first-order valence-corrected chi connectivity index (χ1v) is 6.45. The van der Waals surface area contributed by atoms with Crippen LogP contribution >= 0.6 is 15.9 Å². The second kappa shape index (κ2) is 5.48. The number of carbonyl (C=O) groups is 1. The number of nitrogens with zero attached hydrogens (tertiary/aromatic N) is 2. The fourth-order valence-corrected chi connectivity index (χ4v) is 1.77. The lowest BCUT2D eigenvalue weighted by Crippen LogP contribution is -2.14. The van der Waals surface area contributed by atoms with Crippen molar-refractivity contribution in [3.05, 3.63) is 40.1 Å². The highest BCUT2D eigenvalue weighted by Crippen LogP contribution is 2.20. The van der Waals surface area contributed by atoms with Gasteiger partial charge in [0.25, 0.3) is 5.91 Å². The van der Waals surface area contributed by atoms with Crippen LogP contribution in [0.4, 0.5) is 10.1 Å². The molecule has 0 aliphatic carbocycles. The van der Waals surface area contributed by atoms with Crippen LogP contribution in [0.15, 0.2) is 22.7 Å². The van der Waals surface area contributed by atoms with Crippen LogP contribution in [-0.4, -0.2) is 21.1 Å². The first-order valence-electron chi connectivity index (χ1n) is 5.66. The molecule has 0 saturated carbocycles. The number of aromatic nitrogens is 3. The van der Waals surface area contributed by atoms with Crippen LogP contribution in [-0.2, 0) is 0 Å². The number of carbonyl (C=O) groups excluding carboxylic acids is 1. The molecule has 2 aromatic rings. The Hall–Kier alpha value is -1.76. The number of halogens is 2. The predicted molar refractivity (Wildman–Crippen MR) is 72.5 cm³/mol. The van der Waals surface area contributed by atoms with Gasteiger partial charge in [-0.25, -0.2) is 9.37 Å². The lowest BCUT2D eigenvalue weighted by molar-refractivity contribution is 0.101. The molecule has 0 atom stereocenters. The Morgan fingerprint density at radius 3 is 2.79 bits per heavy atom. The smallest absolute Gasteiger partial charge is 0.295 e. The van der Waals surface area contributed by atoms with Crippen LogP contribution in [0.2, 0.25) is 0 Å². The van der Waals surface area contributed by atoms with E-state index < -0.39 is 11.7 Å². The Labute approximate surface area is 117 Å². The van der Waals surface area contributed by atoms with Crippen molar-refractivity contribution >= 4 is 27.5 Å². The molecule has 0 bridgehead atoms. The van der Waals surface area contributed by atoms with E-state index in [9.17, 15) is 9.18 Å². The molecule has 0 saturated heterocycles. The van der Waals surface area contributed by atoms with Crippen molar-refractivity contribution in [3.63, 3.8) is 0 Å². The van der Waals surface area contributed by atoms with Crippen LogP contribution in [0.25, 0.3) is 0 Å². The predicted octanol–water partition coefficient (Wildman–Crippen LogP) is 3.08. The Morgan fingerprint density at radius 2 is 2.21 bits per heavy atom. The number of nitrogens with one attached hydrogen (secondary N) is 2. The van der Waals surface area contributed by atoms with Crippen molar-refractivity contribution in [2.24, 2.45) is 0 Å². The van der Waals surface area contributed by atoms with Crippen molar-refractivity contribution in [1.29, 1.82) is 0 Å². The molecule has 0 unspecified atom stereocenters. The minimum absolute atomic E-state index is 0.0594. The molecular weight excluding hydrogens is 315 g/mol. The number of hydrogen-bond acceptors (Lipinski definition) is 3. The van der Waals surface area contributed by atoms with Crippen molar-refractivity contribution < 1.29 is 9.18 Å². The SMILES string of the molecule is CC(C)c1nc(C(=O)Nc2ccc(F)c(Br)c2)n[nH]1. The van der Waals surface area contributed by atoms with Gasteiger partial charge in [0.2, 0.25) is 5.82 Å². The van der Waals surface area contributed by atoms with Gasteiger partial charge in [-0.1, -0.05) is 13.8 Å². The van der Waals surface area contributed by atoms with E-state index in [1.807, 2.05) is 13.8 Å². The Kier molecular flexibility index (Phi) is 3.94. The van der Waals surface area contributed by atoms with E-state index >= 15 is 0 Å². The summed E-state index contributed by atoms with van der Waals surface area (Å²) in [5.41, 5.74) is 0.467. The van der Waals surface area contributed by atoms with E-state index in [0.29, 0.717) is 11.5 Å². The molecule has 0 aliphatic rings. The van der Waals surface area contributed by atoms with Gasteiger partial charge in [-0.2, -0.15) is 0 Å². The minimum Gasteiger partial charge on any atom is -0.319 e. The molecule has 100 valence electrons. The summed E-state index contributed by atoms with van der Waals surface area (Å²) in [7, 11) is 0. The fraction of sp³-hybridized carbons (Fsp3) is 0.250. The molecule has 1 aromatic carbocycles. The highest BCUT2D eigenvalue weighted by molar-refractivity contribution is 9.10. The van der Waals surface area contributed by atoms with Crippen LogP contribution in [0, 0.1) is 5.82 Å². The highest BCUT2D eigenvalue weighted by atomic mass is 79.9. The number of hydrogen-bond donors (Lipinski definition) is 2. The molecule has 0 spiro atoms. The van der Waals surface area contributed by atoms with Crippen molar-refractivity contribution in [1.82, 2.24) is 15.2 Å². The quantitative estimate of drug-likeness (QED) is 0.910. The number of amides is 1. The molecule has 2 rings (SSSR count). The summed E-state index contributed by atoms with van der Waals surface area (Å²) in [6, 6.07) is 4.20. The number of benzene rings is 1. The third kappa shape index (κ3) is 3.17. The largest absolute Gasteiger partial charge is 0.319 e. The number of rotatable bonds is 3. The van der Waals surface area contributed by atoms with E-state index in [-0.39, 0.29) is 16.2 Å². The molecule has 1 heterocycles. The second-order valence-corrected chi connectivity index (χ2v) is 5.14. The average Bonchev–Trinajstić information content (AvgIpc) is 2.83. The maximum atomic E-state index is 13.1. The van der Waals surface area contributed by atoms with Gasteiger partial charge < -0.3 is 5.32 Å². The van der Waals surface area contributed by atoms with Crippen LogP contribution in [0.3, 0.4) is 0 Å². The van der Waals surface area contributed by atoms with E-state index in [1.165, 1.54) is 18.2 Å². The van der Waals surface area contributed by atoms with Gasteiger partial charge in [0.05, 0.1) is 4.47 Å². The summed E-state index contributed by atoms with van der Waals surface area (Å²) in [6.45, 7) is 3.89. The van der Waals surface area contributed by atoms with E-state index in [1.54, 1.807) is 0 Å². The number of anilines is 1.